The van der Waals surface area contributed by atoms with E-state index in [-0.39, 0.29) is 6.10 Å². The fourth-order valence-electron chi connectivity index (χ4n) is 2.53. The molecule has 0 aromatic carbocycles. The average molecular weight is 367 g/mol. The summed E-state index contributed by atoms with van der Waals surface area (Å²) >= 11 is 1.89. The topological polar surface area (TPSA) is 58.5 Å². The summed E-state index contributed by atoms with van der Waals surface area (Å²) < 4.78 is 5.91. The molecule has 0 radical (unpaired) electrons. The van der Waals surface area contributed by atoms with Crippen molar-refractivity contribution >= 4 is 17.7 Å². The number of nitrogens with zero attached hydrogens (tertiary/aromatic N) is 2. The Hall–Kier alpha value is -1.43. The van der Waals surface area contributed by atoms with Crippen molar-refractivity contribution in [1.82, 2.24) is 15.6 Å². The lowest BCUT2D eigenvalue weighted by molar-refractivity contribution is 0.185. The number of thioether (sulfide) groups is 1. The van der Waals surface area contributed by atoms with Crippen molar-refractivity contribution in [2.45, 2.75) is 52.7 Å². The highest BCUT2D eigenvalue weighted by Gasteiger charge is 2.08. The van der Waals surface area contributed by atoms with Crippen LogP contribution >= 0.6 is 11.8 Å². The summed E-state index contributed by atoms with van der Waals surface area (Å²) in [6.45, 7) is 8.13. The predicted octanol–water partition coefficient (Wildman–Crippen LogP) is 3.70. The lowest BCUT2D eigenvalue weighted by Gasteiger charge is -2.16. The van der Waals surface area contributed by atoms with Gasteiger partial charge in [-0.15, -0.1) is 0 Å². The number of guanidine groups is 1. The van der Waals surface area contributed by atoms with Crippen LogP contribution in [0.3, 0.4) is 0 Å². The van der Waals surface area contributed by atoms with Gasteiger partial charge in [0.1, 0.15) is 0 Å². The summed E-state index contributed by atoms with van der Waals surface area (Å²) in [6, 6.07) is 3.99. The van der Waals surface area contributed by atoms with Gasteiger partial charge < -0.3 is 15.4 Å². The molecule has 0 bridgehead atoms. The van der Waals surface area contributed by atoms with Gasteiger partial charge in [-0.2, -0.15) is 11.8 Å². The summed E-state index contributed by atoms with van der Waals surface area (Å²) in [5.41, 5.74) is 1.13. The molecule has 1 rings (SSSR count). The van der Waals surface area contributed by atoms with Crippen LogP contribution < -0.4 is 15.4 Å². The smallest absolute Gasteiger partial charge is 0.213 e. The molecule has 1 heterocycles. The standard InChI is InChI=1S/C19H34N4OS/c1-15(2)12-16(3)24-18-13-17(8-10-21-18)14-23-19(20-4)22-9-6-7-11-25-5/h8,10,13,15-16H,6-7,9,11-12,14H2,1-5H3,(H2,20,22,23). The van der Waals surface area contributed by atoms with Crippen LogP contribution in [-0.4, -0.2) is 42.6 Å². The van der Waals surface area contributed by atoms with Crippen molar-refractivity contribution in [3.05, 3.63) is 23.9 Å². The quantitative estimate of drug-likeness (QED) is 0.355. The first-order chi connectivity index (χ1) is 12.0. The van der Waals surface area contributed by atoms with E-state index in [2.05, 4.69) is 47.6 Å². The number of pyridine rings is 1. The van der Waals surface area contributed by atoms with E-state index in [1.807, 2.05) is 23.9 Å². The van der Waals surface area contributed by atoms with Gasteiger partial charge in [0.15, 0.2) is 5.96 Å². The van der Waals surface area contributed by atoms with Gasteiger partial charge in [-0.1, -0.05) is 13.8 Å². The van der Waals surface area contributed by atoms with Crippen LogP contribution in [0.1, 0.15) is 45.6 Å². The molecule has 0 fully saturated rings. The number of ether oxygens (including phenoxy) is 1. The first-order valence-electron chi connectivity index (χ1n) is 9.10. The molecule has 0 spiro atoms. The zero-order chi connectivity index (χ0) is 18.5. The van der Waals surface area contributed by atoms with Gasteiger partial charge in [0.05, 0.1) is 6.10 Å². The third-order valence-corrected chi connectivity index (χ3v) is 4.37. The van der Waals surface area contributed by atoms with Gasteiger partial charge in [0.2, 0.25) is 5.88 Å². The molecule has 1 atom stereocenters. The summed E-state index contributed by atoms with van der Waals surface area (Å²) in [5.74, 6) is 3.34. The van der Waals surface area contributed by atoms with E-state index in [0.717, 1.165) is 30.9 Å². The molecule has 142 valence electrons. The van der Waals surface area contributed by atoms with Crippen LogP contribution in [0.2, 0.25) is 0 Å². The summed E-state index contributed by atoms with van der Waals surface area (Å²) in [5, 5.41) is 6.69. The van der Waals surface area contributed by atoms with Gasteiger partial charge in [0, 0.05) is 32.4 Å². The molecule has 0 amide bonds. The molecule has 1 unspecified atom stereocenters. The first kappa shape index (κ1) is 21.6. The molecule has 6 heteroatoms. The Labute approximate surface area is 157 Å². The van der Waals surface area contributed by atoms with E-state index in [0.29, 0.717) is 18.3 Å². The van der Waals surface area contributed by atoms with Gasteiger partial charge in [-0.25, -0.2) is 4.98 Å². The number of rotatable bonds is 11. The van der Waals surface area contributed by atoms with Gasteiger partial charge in [-0.3, -0.25) is 4.99 Å². The minimum Gasteiger partial charge on any atom is -0.475 e. The highest BCUT2D eigenvalue weighted by atomic mass is 32.2. The monoisotopic (exact) mass is 366 g/mol. The zero-order valence-corrected chi connectivity index (χ0v) is 17.2. The highest BCUT2D eigenvalue weighted by Crippen LogP contribution is 2.14. The molecule has 0 aliphatic heterocycles. The second kappa shape index (κ2) is 12.9. The molecule has 1 aromatic heterocycles. The molecule has 2 N–H and O–H groups in total. The van der Waals surface area contributed by atoms with Gasteiger partial charge in [0.25, 0.3) is 0 Å². The Balaban J connectivity index is 2.41. The Kier molecular flexibility index (Phi) is 11.1. The van der Waals surface area contributed by atoms with E-state index < -0.39 is 0 Å². The summed E-state index contributed by atoms with van der Waals surface area (Å²) in [7, 11) is 1.80. The fourth-order valence-corrected chi connectivity index (χ4v) is 3.02. The third-order valence-electron chi connectivity index (χ3n) is 3.68. The summed E-state index contributed by atoms with van der Waals surface area (Å²) in [4.78, 5) is 8.58. The van der Waals surface area contributed by atoms with Gasteiger partial charge in [-0.05, 0) is 55.7 Å². The molecule has 0 saturated heterocycles. The molecule has 1 aromatic rings. The van der Waals surface area contributed by atoms with Crippen LogP contribution in [0.5, 0.6) is 5.88 Å². The Morgan fingerprint density at radius 1 is 1.28 bits per heavy atom. The van der Waals surface area contributed by atoms with Crippen LogP contribution in [0, 0.1) is 5.92 Å². The Morgan fingerprint density at radius 3 is 2.76 bits per heavy atom. The second-order valence-corrected chi connectivity index (χ2v) is 7.60. The average Bonchev–Trinajstić information content (AvgIpc) is 2.57. The van der Waals surface area contributed by atoms with Crippen LogP contribution in [0.25, 0.3) is 0 Å². The van der Waals surface area contributed by atoms with E-state index in [1.165, 1.54) is 12.2 Å². The lowest BCUT2D eigenvalue weighted by Crippen LogP contribution is -2.37. The number of hydrogen-bond donors (Lipinski definition) is 2. The molecular weight excluding hydrogens is 332 g/mol. The van der Waals surface area contributed by atoms with Gasteiger partial charge >= 0.3 is 0 Å². The van der Waals surface area contributed by atoms with E-state index in [9.17, 15) is 0 Å². The second-order valence-electron chi connectivity index (χ2n) is 6.61. The normalized spacial score (nSPS) is 13.0. The maximum absolute atomic E-state index is 5.91. The van der Waals surface area contributed by atoms with Crippen LogP contribution in [0.15, 0.2) is 23.3 Å². The molecule has 0 saturated carbocycles. The minimum absolute atomic E-state index is 0.173. The number of hydrogen-bond acceptors (Lipinski definition) is 4. The van der Waals surface area contributed by atoms with Crippen LogP contribution in [0.4, 0.5) is 0 Å². The van der Waals surface area contributed by atoms with Crippen molar-refractivity contribution in [1.29, 1.82) is 0 Å². The number of unbranched alkanes of at least 4 members (excludes halogenated alkanes) is 1. The predicted molar refractivity (Wildman–Crippen MR) is 110 cm³/mol. The number of nitrogens with one attached hydrogen (secondary N) is 2. The Morgan fingerprint density at radius 2 is 2.08 bits per heavy atom. The highest BCUT2D eigenvalue weighted by molar-refractivity contribution is 7.98. The number of aliphatic imine (C=N–C) groups is 1. The fraction of sp³-hybridized carbons (Fsp3) is 0.684. The molecule has 25 heavy (non-hydrogen) atoms. The van der Waals surface area contributed by atoms with Crippen LogP contribution in [-0.2, 0) is 6.54 Å². The minimum atomic E-state index is 0.173. The first-order valence-corrected chi connectivity index (χ1v) is 10.5. The Bertz CT molecular complexity index is 508. The summed E-state index contributed by atoms with van der Waals surface area (Å²) in [6.07, 6.45) is 7.52. The molecule has 5 nitrogen and oxygen atoms in total. The zero-order valence-electron chi connectivity index (χ0n) is 16.3. The SMILES string of the molecule is CN=C(NCCCCSC)NCc1ccnc(OC(C)CC(C)C)c1. The van der Waals surface area contributed by atoms with Crippen molar-refractivity contribution in [2.24, 2.45) is 10.9 Å². The van der Waals surface area contributed by atoms with E-state index in [4.69, 9.17) is 4.74 Å². The van der Waals surface area contributed by atoms with Crippen molar-refractivity contribution in [3.63, 3.8) is 0 Å². The molecular formula is C19H34N4OS. The van der Waals surface area contributed by atoms with Crippen molar-refractivity contribution < 1.29 is 4.74 Å². The third kappa shape index (κ3) is 10.2. The molecule has 0 aliphatic carbocycles. The number of aromatic nitrogens is 1. The van der Waals surface area contributed by atoms with Crippen molar-refractivity contribution in [3.8, 4) is 5.88 Å². The lowest BCUT2D eigenvalue weighted by atomic mass is 10.1. The van der Waals surface area contributed by atoms with Crippen molar-refractivity contribution in [2.75, 3.05) is 25.6 Å². The molecule has 0 aliphatic rings. The maximum Gasteiger partial charge on any atom is 0.213 e. The van der Waals surface area contributed by atoms with E-state index in [1.54, 1.807) is 13.2 Å². The maximum atomic E-state index is 5.91. The van der Waals surface area contributed by atoms with E-state index >= 15 is 0 Å². The largest absolute Gasteiger partial charge is 0.475 e.